The Kier molecular flexibility index (Phi) is 6.93. The summed E-state index contributed by atoms with van der Waals surface area (Å²) in [5.74, 6) is 0.520. The van der Waals surface area contributed by atoms with Gasteiger partial charge < -0.3 is 4.90 Å². The Morgan fingerprint density at radius 3 is 2.30 bits per heavy atom. The van der Waals surface area contributed by atoms with Crippen molar-refractivity contribution in [2.24, 2.45) is 5.92 Å². The van der Waals surface area contributed by atoms with Gasteiger partial charge >= 0.3 is 0 Å². The standard InChI is InChI=1S/C26H35N3O3S/c1-4-20(2)19-29-25(30)24(18-22-8-6-5-7-9-22)27-26(29)14-16-28(17-15-26)33(31,32)23-12-10-21(3)11-13-23/h5-13,20,24,27H,4,14-19H2,1-3H3/t20-,24+/m0/s1. The van der Waals surface area contributed by atoms with E-state index in [1.807, 2.05) is 42.2 Å². The Balaban J connectivity index is 1.53. The summed E-state index contributed by atoms with van der Waals surface area (Å²) in [4.78, 5) is 15.8. The molecule has 2 heterocycles. The van der Waals surface area contributed by atoms with Crippen LogP contribution >= 0.6 is 0 Å². The molecule has 7 heteroatoms. The summed E-state index contributed by atoms with van der Waals surface area (Å²) in [6, 6.07) is 16.8. The van der Waals surface area contributed by atoms with E-state index in [1.165, 1.54) is 0 Å². The van der Waals surface area contributed by atoms with Crippen LogP contribution in [-0.4, -0.2) is 54.9 Å². The molecule has 2 atom stereocenters. The molecule has 2 aromatic rings. The molecule has 1 N–H and O–H groups in total. The van der Waals surface area contributed by atoms with E-state index in [4.69, 9.17) is 0 Å². The van der Waals surface area contributed by atoms with E-state index in [0.717, 1.165) is 17.5 Å². The third-order valence-corrected chi connectivity index (χ3v) is 9.12. The summed E-state index contributed by atoms with van der Waals surface area (Å²) in [5.41, 5.74) is 1.67. The fourth-order valence-corrected chi connectivity index (χ4v) is 6.37. The molecule has 0 aromatic heterocycles. The van der Waals surface area contributed by atoms with Gasteiger partial charge in [0.25, 0.3) is 0 Å². The van der Waals surface area contributed by atoms with Crippen LogP contribution in [0.25, 0.3) is 0 Å². The van der Waals surface area contributed by atoms with Gasteiger partial charge in [-0.2, -0.15) is 4.31 Å². The number of carbonyl (C=O) groups is 1. The molecule has 2 saturated heterocycles. The molecular weight excluding hydrogens is 434 g/mol. The van der Waals surface area contributed by atoms with Crippen molar-refractivity contribution in [1.82, 2.24) is 14.5 Å². The maximum atomic E-state index is 13.5. The normalized spacial score (nSPS) is 22.1. The number of hydrogen-bond acceptors (Lipinski definition) is 4. The fourth-order valence-electron chi connectivity index (χ4n) is 4.93. The Hall–Kier alpha value is -2.22. The Morgan fingerprint density at radius 1 is 1.06 bits per heavy atom. The summed E-state index contributed by atoms with van der Waals surface area (Å²) in [6.07, 6.45) is 2.82. The second kappa shape index (κ2) is 9.57. The van der Waals surface area contributed by atoms with Gasteiger partial charge in [0, 0.05) is 19.6 Å². The van der Waals surface area contributed by atoms with Crippen molar-refractivity contribution in [2.45, 2.75) is 63.1 Å². The van der Waals surface area contributed by atoms with Gasteiger partial charge in [-0.1, -0.05) is 68.3 Å². The number of sulfonamides is 1. The quantitative estimate of drug-likeness (QED) is 0.673. The van der Waals surface area contributed by atoms with Crippen LogP contribution in [0, 0.1) is 12.8 Å². The fraction of sp³-hybridized carbons (Fsp3) is 0.500. The first kappa shape index (κ1) is 23.9. The van der Waals surface area contributed by atoms with Crippen molar-refractivity contribution >= 4 is 15.9 Å². The van der Waals surface area contributed by atoms with Gasteiger partial charge in [-0.05, 0) is 49.8 Å². The van der Waals surface area contributed by atoms with E-state index in [-0.39, 0.29) is 11.9 Å². The van der Waals surface area contributed by atoms with Crippen molar-refractivity contribution in [1.29, 1.82) is 0 Å². The predicted octanol–water partition coefficient (Wildman–Crippen LogP) is 3.57. The number of rotatable bonds is 7. The molecule has 2 fully saturated rings. The zero-order valence-electron chi connectivity index (χ0n) is 19.8. The maximum absolute atomic E-state index is 13.5. The summed E-state index contributed by atoms with van der Waals surface area (Å²) < 4.78 is 28.0. The molecule has 2 aliphatic heterocycles. The zero-order chi connectivity index (χ0) is 23.6. The second-order valence-electron chi connectivity index (χ2n) is 9.60. The molecule has 0 bridgehead atoms. The van der Waals surface area contributed by atoms with Gasteiger partial charge in [0.1, 0.15) is 0 Å². The van der Waals surface area contributed by atoms with E-state index < -0.39 is 15.7 Å². The van der Waals surface area contributed by atoms with E-state index in [0.29, 0.717) is 49.7 Å². The molecule has 0 radical (unpaired) electrons. The topological polar surface area (TPSA) is 69.7 Å². The van der Waals surface area contributed by atoms with E-state index in [1.54, 1.807) is 16.4 Å². The average Bonchev–Trinajstić information content (AvgIpc) is 3.05. The van der Waals surface area contributed by atoms with Crippen molar-refractivity contribution in [2.75, 3.05) is 19.6 Å². The molecule has 4 rings (SSSR count). The highest BCUT2D eigenvalue weighted by Crippen LogP contribution is 2.36. The SMILES string of the molecule is CC[C@H](C)CN1C(=O)[C@@H](Cc2ccccc2)NC12CCN(S(=O)(=O)c1ccc(C)cc1)CC2. The Morgan fingerprint density at radius 2 is 1.70 bits per heavy atom. The van der Waals surface area contributed by atoms with E-state index >= 15 is 0 Å². The molecule has 0 saturated carbocycles. The second-order valence-corrected chi connectivity index (χ2v) is 11.5. The minimum atomic E-state index is -3.54. The number of nitrogens with zero attached hydrogens (tertiary/aromatic N) is 2. The minimum Gasteiger partial charge on any atom is -0.323 e. The van der Waals surface area contributed by atoms with Crippen LogP contribution in [0.5, 0.6) is 0 Å². The van der Waals surface area contributed by atoms with Gasteiger partial charge in [-0.3, -0.25) is 10.1 Å². The van der Waals surface area contributed by atoms with Crippen molar-refractivity contribution < 1.29 is 13.2 Å². The highest BCUT2D eigenvalue weighted by atomic mass is 32.2. The number of amides is 1. The summed E-state index contributed by atoms with van der Waals surface area (Å²) in [5, 5.41) is 3.66. The van der Waals surface area contributed by atoms with Crippen LogP contribution in [-0.2, 0) is 21.2 Å². The number of piperidine rings is 1. The van der Waals surface area contributed by atoms with Gasteiger partial charge in [-0.25, -0.2) is 8.42 Å². The number of nitrogens with one attached hydrogen (secondary N) is 1. The largest absolute Gasteiger partial charge is 0.323 e. The third kappa shape index (κ3) is 4.86. The van der Waals surface area contributed by atoms with Crippen LogP contribution in [0.15, 0.2) is 59.5 Å². The monoisotopic (exact) mass is 469 g/mol. The lowest BCUT2D eigenvalue weighted by atomic mass is 9.95. The van der Waals surface area contributed by atoms with Crippen LogP contribution in [0.3, 0.4) is 0 Å². The number of aryl methyl sites for hydroxylation is 1. The minimum absolute atomic E-state index is 0.133. The Labute approximate surface area is 198 Å². The molecule has 6 nitrogen and oxygen atoms in total. The first-order chi connectivity index (χ1) is 15.7. The van der Waals surface area contributed by atoms with Crippen LogP contribution in [0.1, 0.15) is 44.2 Å². The lowest BCUT2D eigenvalue weighted by molar-refractivity contribution is -0.134. The highest BCUT2D eigenvalue weighted by Gasteiger charge is 2.52. The van der Waals surface area contributed by atoms with Crippen LogP contribution < -0.4 is 5.32 Å². The molecule has 2 aliphatic rings. The highest BCUT2D eigenvalue weighted by molar-refractivity contribution is 7.89. The van der Waals surface area contributed by atoms with Crippen molar-refractivity contribution in [3.05, 3.63) is 65.7 Å². The molecule has 33 heavy (non-hydrogen) atoms. The lowest BCUT2D eigenvalue weighted by Crippen LogP contribution is -2.60. The van der Waals surface area contributed by atoms with Crippen LogP contribution in [0.4, 0.5) is 0 Å². The van der Waals surface area contributed by atoms with Gasteiger partial charge in [0.15, 0.2) is 0 Å². The maximum Gasteiger partial charge on any atom is 0.243 e. The first-order valence-corrected chi connectivity index (χ1v) is 13.4. The first-order valence-electron chi connectivity index (χ1n) is 11.9. The molecular formula is C26H35N3O3S. The van der Waals surface area contributed by atoms with E-state index in [9.17, 15) is 13.2 Å². The Bertz CT molecular complexity index is 1060. The van der Waals surface area contributed by atoms with Gasteiger partial charge in [-0.15, -0.1) is 0 Å². The summed E-state index contributed by atoms with van der Waals surface area (Å²) >= 11 is 0. The number of hydrogen-bond donors (Lipinski definition) is 1. The van der Waals surface area contributed by atoms with Gasteiger partial charge in [0.05, 0.1) is 16.6 Å². The molecule has 178 valence electrons. The number of carbonyl (C=O) groups excluding carboxylic acids is 1. The van der Waals surface area contributed by atoms with Crippen molar-refractivity contribution in [3.8, 4) is 0 Å². The number of benzene rings is 2. The predicted molar refractivity (Wildman–Crippen MR) is 130 cm³/mol. The molecule has 2 aromatic carbocycles. The smallest absolute Gasteiger partial charge is 0.243 e. The molecule has 0 aliphatic carbocycles. The molecule has 0 unspecified atom stereocenters. The summed E-state index contributed by atoms with van der Waals surface area (Å²) in [7, 11) is -3.54. The average molecular weight is 470 g/mol. The van der Waals surface area contributed by atoms with E-state index in [2.05, 4.69) is 31.3 Å². The summed E-state index contributed by atoms with van der Waals surface area (Å²) in [6.45, 7) is 7.74. The molecule has 1 amide bonds. The van der Waals surface area contributed by atoms with Gasteiger partial charge in [0.2, 0.25) is 15.9 Å². The van der Waals surface area contributed by atoms with Crippen LogP contribution in [0.2, 0.25) is 0 Å². The zero-order valence-corrected chi connectivity index (χ0v) is 20.6. The molecule has 1 spiro atoms. The lowest BCUT2D eigenvalue weighted by Gasteiger charge is -2.45. The third-order valence-electron chi connectivity index (χ3n) is 7.21. The van der Waals surface area contributed by atoms with Crippen molar-refractivity contribution in [3.63, 3.8) is 0 Å².